The van der Waals surface area contributed by atoms with E-state index in [-0.39, 0.29) is 0 Å². The van der Waals surface area contributed by atoms with Crippen molar-refractivity contribution in [2.24, 2.45) is 0 Å². The van der Waals surface area contributed by atoms with Crippen LogP contribution in [0.5, 0.6) is 5.75 Å². The second-order valence-electron chi connectivity index (χ2n) is 4.39. The van der Waals surface area contributed by atoms with Crippen LogP contribution in [0.1, 0.15) is 16.3 Å². The highest BCUT2D eigenvalue weighted by molar-refractivity contribution is 7.09. The highest BCUT2D eigenvalue weighted by atomic mass is 35.5. The van der Waals surface area contributed by atoms with Crippen LogP contribution in [0, 0.1) is 0 Å². The zero-order valence-corrected chi connectivity index (χ0v) is 12.7. The molecule has 2 rings (SSSR count). The van der Waals surface area contributed by atoms with Gasteiger partial charge >= 0.3 is 0 Å². The Kier molecular flexibility index (Phi) is 5.19. The molecule has 0 amide bonds. The topological polar surface area (TPSA) is 25.4 Å². The maximum atomic E-state index is 5.75. The molecule has 5 heteroatoms. The molecule has 3 nitrogen and oxygen atoms in total. The van der Waals surface area contributed by atoms with Crippen LogP contribution in [-0.2, 0) is 19.0 Å². The number of alkyl halides is 1. The molecule has 19 heavy (non-hydrogen) atoms. The lowest BCUT2D eigenvalue weighted by Crippen LogP contribution is -2.17. The Labute approximate surface area is 122 Å². The summed E-state index contributed by atoms with van der Waals surface area (Å²) in [4.78, 5) is 6.70. The SMILES string of the molecule is COc1ccc(CN(C)Cc2nc(CCl)cs2)cc1. The molecule has 0 saturated heterocycles. The summed E-state index contributed by atoms with van der Waals surface area (Å²) in [6, 6.07) is 8.14. The molecular weight excluding hydrogens is 280 g/mol. The van der Waals surface area contributed by atoms with Crippen LogP contribution < -0.4 is 4.74 Å². The maximum Gasteiger partial charge on any atom is 0.118 e. The molecule has 1 aromatic carbocycles. The van der Waals surface area contributed by atoms with Crippen molar-refractivity contribution in [1.82, 2.24) is 9.88 Å². The molecule has 0 radical (unpaired) electrons. The summed E-state index contributed by atoms with van der Waals surface area (Å²) in [5.41, 5.74) is 2.22. The third-order valence-corrected chi connectivity index (χ3v) is 3.91. The molecule has 102 valence electrons. The number of benzene rings is 1. The van der Waals surface area contributed by atoms with E-state index in [0.29, 0.717) is 5.88 Å². The molecule has 0 unspecified atom stereocenters. The third-order valence-electron chi connectivity index (χ3n) is 2.75. The van der Waals surface area contributed by atoms with Gasteiger partial charge in [-0.15, -0.1) is 22.9 Å². The monoisotopic (exact) mass is 296 g/mol. The van der Waals surface area contributed by atoms with Crippen LogP contribution in [0.2, 0.25) is 0 Å². The van der Waals surface area contributed by atoms with E-state index >= 15 is 0 Å². The van der Waals surface area contributed by atoms with Gasteiger partial charge in [-0.2, -0.15) is 0 Å². The van der Waals surface area contributed by atoms with E-state index < -0.39 is 0 Å². The van der Waals surface area contributed by atoms with Crippen molar-refractivity contribution in [3.63, 3.8) is 0 Å². The fourth-order valence-electron chi connectivity index (χ4n) is 1.81. The quantitative estimate of drug-likeness (QED) is 0.763. The van der Waals surface area contributed by atoms with Crippen LogP contribution >= 0.6 is 22.9 Å². The van der Waals surface area contributed by atoms with Crippen LogP contribution in [0.25, 0.3) is 0 Å². The molecule has 0 atom stereocenters. The van der Waals surface area contributed by atoms with Crippen molar-refractivity contribution in [2.45, 2.75) is 19.0 Å². The first kappa shape index (κ1) is 14.3. The highest BCUT2D eigenvalue weighted by Gasteiger charge is 2.06. The smallest absolute Gasteiger partial charge is 0.118 e. The average molecular weight is 297 g/mol. The van der Waals surface area contributed by atoms with Gasteiger partial charge in [0, 0.05) is 11.9 Å². The number of thiazole rings is 1. The molecular formula is C14H17ClN2OS. The van der Waals surface area contributed by atoms with E-state index in [2.05, 4.69) is 29.1 Å². The van der Waals surface area contributed by atoms with Gasteiger partial charge in [0.25, 0.3) is 0 Å². The molecule has 1 aromatic heterocycles. The fraction of sp³-hybridized carbons (Fsp3) is 0.357. The number of rotatable bonds is 6. The molecule has 0 fully saturated rings. The minimum Gasteiger partial charge on any atom is -0.497 e. The number of ether oxygens (including phenoxy) is 1. The number of methoxy groups -OCH3 is 1. The summed E-state index contributed by atoms with van der Waals surface area (Å²) in [6.07, 6.45) is 0. The van der Waals surface area contributed by atoms with E-state index in [4.69, 9.17) is 16.3 Å². The second-order valence-corrected chi connectivity index (χ2v) is 5.60. The first-order chi connectivity index (χ1) is 9.21. The van der Waals surface area contributed by atoms with Crippen LogP contribution in [0.3, 0.4) is 0 Å². The Balaban J connectivity index is 1.90. The summed E-state index contributed by atoms with van der Waals surface area (Å²) in [7, 11) is 3.77. The number of nitrogens with zero attached hydrogens (tertiary/aromatic N) is 2. The van der Waals surface area contributed by atoms with Crippen LogP contribution in [-0.4, -0.2) is 24.0 Å². The van der Waals surface area contributed by atoms with Crippen LogP contribution in [0.4, 0.5) is 0 Å². The predicted octanol–water partition coefficient (Wildman–Crippen LogP) is 3.52. The largest absolute Gasteiger partial charge is 0.497 e. The standard InChI is InChI=1S/C14H17ClN2OS/c1-17(9-14-16-12(7-15)10-19-14)8-11-3-5-13(18-2)6-4-11/h3-6,10H,7-9H2,1-2H3. The summed E-state index contributed by atoms with van der Waals surface area (Å²) in [5, 5.41) is 3.12. The molecule has 0 N–H and O–H groups in total. The lowest BCUT2D eigenvalue weighted by Gasteiger charge is -2.15. The molecule has 0 spiro atoms. The van der Waals surface area contributed by atoms with Gasteiger partial charge in [0.1, 0.15) is 10.8 Å². The van der Waals surface area contributed by atoms with E-state index in [9.17, 15) is 0 Å². The zero-order chi connectivity index (χ0) is 13.7. The Morgan fingerprint density at radius 1 is 1.26 bits per heavy atom. The van der Waals surface area contributed by atoms with E-state index in [1.165, 1.54) is 5.56 Å². The van der Waals surface area contributed by atoms with Crippen molar-refractivity contribution in [3.8, 4) is 5.75 Å². The Hall–Kier alpha value is -1.10. The summed E-state index contributed by atoms with van der Waals surface area (Å²) < 4.78 is 5.15. The van der Waals surface area contributed by atoms with Crippen molar-refractivity contribution in [1.29, 1.82) is 0 Å². The lowest BCUT2D eigenvalue weighted by atomic mass is 10.2. The van der Waals surface area contributed by atoms with E-state index in [1.807, 2.05) is 17.5 Å². The molecule has 2 aromatic rings. The first-order valence-corrected chi connectivity index (χ1v) is 7.43. The molecule has 0 aliphatic rings. The summed E-state index contributed by atoms with van der Waals surface area (Å²) in [5.74, 6) is 1.37. The molecule has 0 bridgehead atoms. The Bertz CT molecular complexity index is 512. The van der Waals surface area contributed by atoms with Crippen molar-refractivity contribution in [2.75, 3.05) is 14.2 Å². The van der Waals surface area contributed by atoms with Gasteiger partial charge < -0.3 is 4.74 Å². The second kappa shape index (κ2) is 6.89. The van der Waals surface area contributed by atoms with E-state index in [1.54, 1.807) is 18.4 Å². The minimum atomic E-state index is 0.485. The molecule has 0 aliphatic heterocycles. The molecule has 0 aliphatic carbocycles. The number of hydrogen-bond donors (Lipinski definition) is 0. The van der Waals surface area contributed by atoms with Gasteiger partial charge in [0.15, 0.2) is 0 Å². The molecule has 1 heterocycles. The maximum absolute atomic E-state index is 5.75. The fourth-order valence-corrected chi connectivity index (χ4v) is 2.91. The highest BCUT2D eigenvalue weighted by Crippen LogP contribution is 2.16. The third kappa shape index (κ3) is 4.20. The predicted molar refractivity (Wildman–Crippen MR) is 79.8 cm³/mol. The van der Waals surface area contributed by atoms with Crippen molar-refractivity contribution >= 4 is 22.9 Å². The lowest BCUT2D eigenvalue weighted by molar-refractivity contribution is 0.318. The number of aromatic nitrogens is 1. The zero-order valence-electron chi connectivity index (χ0n) is 11.1. The van der Waals surface area contributed by atoms with Gasteiger partial charge in [-0.05, 0) is 24.7 Å². The van der Waals surface area contributed by atoms with Gasteiger partial charge in [0.2, 0.25) is 0 Å². The van der Waals surface area contributed by atoms with Gasteiger partial charge in [-0.1, -0.05) is 12.1 Å². The van der Waals surface area contributed by atoms with Gasteiger partial charge in [-0.25, -0.2) is 4.98 Å². The normalized spacial score (nSPS) is 10.9. The number of hydrogen-bond acceptors (Lipinski definition) is 4. The summed E-state index contributed by atoms with van der Waals surface area (Å²) >= 11 is 7.42. The van der Waals surface area contributed by atoms with Crippen LogP contribution in [0.15, 0.2) is 29.6 Å². The molecule has 0 saturated carbocycles. The van der Waals surface area contributed by atoms with Gasteiger partial charge in [-0.3, -0.25) is 4.90 Å². The first-order valence-electron chi connectivity index (χ1n) is 6.02. The van der Waals surface area contributed by atoms with Gasteiger partial charge in [0.05, 0.1) is 25.2 Å². The Morgan fingerprint density at radius 3 is 2.58 bits per heavy atom. The average Bonchev–Trinajstić information content (AvgIpc) is 2.87. The van der Waals surface area contributed by atoms with Crippen molar-refractivity contribution in [3.05, 3.63) is 45.9 Å². The van der Waals surface area contributed by atoms with Crippen molar-refractivity contribution < 1.29 is 4.74 Å². The number of halogens is 1. The Morgan fingerprint density at radius 2 is 2.00 bits per heavy atom. The minimum absolute atomic E-state index is 0.485. The summed E-state index contributed by atoms with van der Waals surface area (Å²) in [6.45, 7) is 1.73. The van der Waals surface area contributed by atoms with E-state index in [0.717, 1.165) is 29.5 Å².